The maximum atomic E-state index is 12.3. The molecule has 0 bridgehead atoms. The normalized spacial score (nSPS) is 15.9. The molecule has 0 aromatic heterocycles. The van der Waals surface area contributed by atoms with Crippen molar-refractivity contribution in [2.24, 2.45) is 0 Å². The van der Waals surface area contributed by atoms with Crippen LogP contribution in [-0.2, 0) is 4.74 Å². The van der Waals surface area contributed by atoms with Crippen molar-refractivity contribution in [3.05, 3.63) is 11.6 Å². The van der Waals surface area contributed by atoms with Crippen LogP contribution in [0.5, 0.6) is 0 Å². The quantitative estimate of drug-likeness (QED) is 0.546. The number of allylic oxidation sites excluding steroid dienone is 2. The fourth-order valence-electron chi connectivity index (χ4n) is 0.613. The number of hydrogen-bond acceptors (Lipinski definition) is 1. The summed E-state index contributed by atoms with van der Waals surface area (Å²) in [4.78, 5) is 0. The van der Waals surface area contributed by atoms with Crippen LogP contribution in [0.3, 0.4) is 0 Å². The van der Waals surface area contributed by atoms with Crippen LogP contribution >= 0.6 is 0 Å². The molecule has 0 amide bonds. The largest absolute Gasteiger partial charge is 0.492 e. The zero-order valence-corrected chi connectivity index (χ0v) is 7.31. The summed E-state index contributed by atoms with van der Waals surface area (Å²) in [6.07, 6.45) is -12.4. The number of ether oxygens (including phenoxy) is 1. The van der Waals surface area contributed by atoms with Crippen LogP contribution in [0, 0.1) is 0 Å². The minimum absolute atomic E-state index is 0.0697. The van der Waals surface area contributed by atoms with E-state index in [1.807, 2.05) is 0 Å². The molecule has 0 atom stereocenters. The maximum Gasteiger partial charge on any atom is 0.461 e. The smallest absolute Gasteiger partial charge is 0.461 e. The summed E-state index contributed by atoms with van der Waals surface area (Å²) in [5, 5.41) is 0. The Hall–Kier alpha value is -1.09. The molecule has 10 heteroatoms. The van der Waals surface area contributed by atoms with Gasteiger partial charge in [0.05, 0.1) is 7.11 Å². The Morgan fingerprint density at radius 2 is 1.25 bits per heavy atom. The van der Waals surface area contributed by atoms with E-state index in [0.29, 0.717) is 0 Å². The molecular formula is C6H3F9O. The molecule has 0 unspecified atom stereocenters. The highest BCUT2D eigenvalue weighted by molar-refractivity contribution is 5.16. The number of hydrogen-bond donors (Lipinski definition) is 0. The molecule has 0 aliphatic carbocycles. The zero-order chi connectivity index (χ0) is 13.4. The van der Waals surface area contributed by atoms with Crippen LogP contribution in [-0.4, -0.2) is 25.4 Å². The monoisotopic (exact) mass is 262 g/mol. The summed E-state index contributed by atoms with van der Waals surface area (Å²) in [5.74, 6) is -12.8. The molecule has 0 aliphatic rings. The van der Waals surface area contributed by atoms with Gasteiger partial charge in [0.25, 0.3) is 0 Å². The van der Waals surface area contributed by atoms with Crippen molar-refractivity contribution in [2.75, 3.05) is 7.11 Å². The average Bonchev–Trinajstić information content (AvgIpc) is 2.00. The second-order valence-electron chi connectivity index (χ2n) is 2.42. The molecule has 0 aromatic rings. The summed E-state index contributed by atoms with van der Waals surface area (Å²) in [5.41, 5.74) is 0. The van der Waals surface area contributed by atoms with E-state index in [-0.39, 0.29) is 7.11 Å². The first-order valence-electron chi connectivity index (χ1n) is 3.31. The third kappa shape index (κ3) is 2.73. The third-order valence-electron chi connectivity index (χ3n) is 1.29. The summed E-state index contributed by atoms with van der Waals surface area (Å²) in [7, 11) is 0.0697. The Kier molecular flexibility index (Phi) is 3.78. The van der Waals surface area contributed by atoms with Gasteiger partial charge in [-0.05, 0) is 0 Å². The van der Waals surface area contributed by atoms with Gasteiger partial charge in [0, 0.05) is 0 Å². The predicted octanol–water partition coefficient (Wildman–Crippen LogP) is 3.57. The van der Waals surface area contributed by atoms with Gasteiger partial charge in [0.15, 0.2) is 0 Å². The van der Waals surface area contributed by atoms with Gasteiger partial charge in [-0.2, -0.15) is 39.5 Å². The molecule has 0 aromatic carbocycles. The van der Waals surface area contributed by atoms with E-state index in [4.69, 9.17) is 0 Å². The first-order valence-corrected chi connectivity index (χ1v) is 3.31. The fraction of sp³-hybridized carbons (Fsp3) is 0.667. The highest BCUT2D eigenvalue weighted by Crippen LogP contribution is 2.45. The molecule has 0 rings (SSSR count). The van der Waals surface area contributed by atoms with Crippen LogP contribution in [0.2, 0.25) is 0 Å². The molecule has 0 saturated heterocycles. The molecule has 0 heterocycles. The molecule has 0 spiro atoms. The minimum atomic E-state index is -6.39. The van der Waals surface area contributed by atoms with Crippen molar-refractivity contribution >= 4 is 0 Å². The molecule has 1 nitrogen and oxygen atoms in total. The van der Waals surface area contributed by atoms with Crippen molar-refractivity contribution in [2.45, 2.75) is 18.3 Å². The first-order chi connectivity index (χ1) is 6.85. The summed E-state index contributed by atoms with van der Waals surface area (Å²) in [6.45, 7) is 0. The topological polar surface area (TPSA) is 9.23 Å². The second kappa shape index (κ2) is 4.06. The van der Waals surface area contributed by atoms with Crippen molar-refractivity contribution in [1.29, 1.82) is 0 Å². The highest BCUT2D eigenvalue weighted by atomic mass is 19.4. The van der Waals surface area contributed by atoms with Crippen LogP contribution < -0.4 is 0 Å². The maximum absolute atomic E-state index is 12.3. The van der Waals surface area contributed by atoms with E-state index >= 15 is 0 Å². The van der Waals surface area contributed by atoms with Gasteiger partial charge in [0.1, 0.15) is 0 Å². The van der Waals surface area contributed by atoms with Gasteiger partial charge in [0.2, 0.25) is 11.6 Å². The van der Waals surface area contributed by atoms with E-state index in [0.717, 1.165) is 0 Å². The lowest BCUT2D eigenvalue weighted by Gasteiger charge is -2.22. The number of alkyl halides is 8. The van der Waals surface area contributed by atoms with E-state index < -0.39 is 29.9 Å². The molecule has 0 saturated carbocycles. The molecule has 0 N–H and O–H groups in total. The van der Waals surface area contributed by atoms with Crippen LogP contribution in [0.25, 0.3) is 0 Å². The van der Waals surface area contributed by atoms with Crippen molar-refractivity contribution in [3.8, 4) is 0 Å². The molecule has 16 heavy (non-hydrogen) atoms. The summed E-state index contributed by atoms with van der Waals surface area (Å²) < 4.78 is 110. The molecule has 0 radical (unpaired) electrons. The number of methoxy groups -OCH3 is 1. The molecule has 96 valence electrons. The van der Waals surface area contributed by atoms with E-state index in [9.17, 15) is 39.5 Å². The van der Waals surface area contributed by atoms with Gasteiger partial charge in [-0.15, -0.1) is 0 Å². The van der Waals surface area contributed by atoms with Gasteiger partial charge < -0.3 is 4.74 Å². The third-order valence-corrected chi connectivity index (χ3v) is 1.29. The summed E-state index contributed by atoms with van der Waals surface area (Å²) >= 11 is 0. The average molecular weight is 262 g/mol. The van der Waals surface area contributed by atoms with Crippen molar-refractivity contribution < 1.29 is 44.3 Å². The Balaban J connectivity index is 5.65. The van der Waals surface area contributed by atoms with Gasteiger partial charge in [-0.25, -0.2) is 0 Å². The first kappa shape index (κ1) is 14.9. The minimum Gasteiger partial charge on any atom is -0.492 e. The highest BCUT2D eigenvalue weighted by Gasteiger charge is 2.64. The fourth-order valence-corrected chi connectivity index (χ4v) is 0.613. The van der Waals surface area contributed by atoms with E-state index in [2.05, 4.69) is 4.74 Å². The van der Waals surface area contributed by atoms with E-state index in [1.54, 1.807) is 0 Å². The van der Waals surface area contributed by atoms with Gasteiger partial charge in [-0.3, -0.25) is 0 Å². The number of rotatable bonds is 2. The predicted molar refractivity (Wildman–Crippen MR) is 32.2 cm³/mol. The number of halogens is 9. The van der Waals surface area contributed by atoms with Gasteiger partial charge in [-0.1, -0.05) is 0 Å². The Bertz CT molecular complexity index is 283. The Morgan fingerprint density at radius 1 is 0.875 bits per heavy atom. The standard InChI is InChI=1S/C6H3F9O/c1-16-3(2(7)5(10,11)12)4(8,9)6(13,14)15/h1H3. The molecular weight excluding hydrogens is 259 g/mol. The molecule has 0 fully saturated rings. The molecule has 0 aliphatic heterocycles. The lowest BCUT2D eigenvalue weighted by Crippen LogP contribution is -2.40. The Morgan fingerprint density at radius 3 is 1.44 bits per heavy atom. The lowest BCUT2D eigenvalue weighted by atomic mass is 10.2. The van der Waals surface area contributed by atoms with Crippen molar-refractivity contribution in [1.82, 2.24) is 0 Å². The van der Waals surface area contributed by atoms with Gasteiger partial charge >= 0.3 is 18.3 Å². The second-order valence-corrected chi connectivity index (χ2v) is 2.42. The zero-order valence-electron chi connectivity index (χ0n) is 7.31. The van der Waals surface area contributed by atoms with Crippen molar-refractivity contribution in [3.63, 3.8) is 0 Å². The summed E-state index contributed by atoms with van der Waals surface area (Å²) in [6, 6.07) is 0. The van der Waals surface area contributed by atoms with E-state index in [1.165, 1.54) is 0 Å². The van der Waals surface area contributed by atoms with Crippen LogP contribution in [0.1, 0.15) is 0 Å². The van der Waals surface area contributed by atoms with Crippen LogP contribution in [0.15, 0.2) is 11.6 Å². The SMILES string of the molecule is COC(=C(F)C(F)(F)F)C(F)(F)C(F)(F)F. The lowest BCUT2D eigenvalue weighted by molar-refractivity contribution is -0.278. The van der Waals surface area contributed by atoms with Crippen LogP contribution in [0.4, 0.5) is 39.5 Å². The Labute approximate surface area is 82.5 Å².